The Labute approximate surface area is 129 Å². The Morgan fingerprint density at radius 3 is 2.71 bits per heavy atom. The lowest BCUT2D eigenvalue weighted by Crippen LogP contribution is -2.07. The highest BCUT2D eigenvalue weighted by Crippen LogP contribution is 2.26. The molecule has 0 aliphatic carbocycles. The molecule has 5 nitrogen and oxygen atoms in total. The summed E-state index contributed by atoms with van der Waals surface area (Å²) < 4.78 is 5.11. The van der Waals surface area contributed by atoms with E-state index >= 15 is 0 Å². The highest BCUT2D eigenvalue weighted by atomic mass is 35.5. The molecule has 1 aromatic carbocycles. The van der Waals surface area contributed by atoms with Gasteiger partial charge < -0.3 is 15.4 Å². The van der Waals surface area contributed by atoms with E-state index in [1.165, 1.54) is 0 Å². The van der Waals surface area contributed by atoms with Crippen molar-refractivity contribution in [3.05, 3.63) is 40.7 Å². The summed E-state index contributed by atoms with van der Waals surface area (Å²) in [5, 5.41) is 7.19. The van der Waals surface area contributed by atoms with Crippen LogP contribution in [0.4, 0.5) is 17.3 Å². The Hall–Kier alpha value is -1.85. The number of aromatic nitrogens is 2. The molecule has 0 aliphatic rings. The predicted octanol–water partition coefficient (Wildman–Crippen LogP) is 3.76. The quantitative estimate of drug-likeness (QED) is 0.851. The van der Waals surface area contributed by atoms with Gasteiger partial charge in [-0.15, -0.1) is 0 Å². The molecule has 2 aromatic rings. The van der Waals surface area contributed by atoms with Gasteiger partial charge in [0.2, 0.25) is 0 Å². The van der Waals surface area contributed by atoms with Crippen LogP contribution in [0.5, 0.6) is 0 Å². The molecule has 1 heterocycles. The van der Waals surface area contributed by atoms with Gasteiger partial charge in [0.15, 0.2) is 5.82 Å². The van der Waals surface area contributed by atoms with Crippen LogP contribution in [0.2, 0.25) is 5.02 Å². The third kappa shape index (κ3) is 4.06. The monoisotopic (exact) mass is 306 g/mol. The summed E-state index contributed by atoms with van der Waals surface area (Å²) in [6.07, 6.45) is 0. The second-order valence-electron chi connectivity index (χ2n) is 4.56. The fourth-order valence-electron chi connectivity index (χ4n) is 1.91. The molecule has 1 aromatic heterocycles. The summed E-state index contributed by atoms with van der Waals surface area (Å²) in [5.41, 5.74) is 1.91. The molecular weight excluding hydrogens is 288 g/mol. The van der Waals surface area contributed by atoms with Crippen molar-refractivity contribution in [1.82, 2.24) is 9.97 Å². The normalized spacial score (nSPS) is 10.5. The van der Waals surface area contributed by atoms with Gasteiger partial charge in [0, 0.05) is 30.4 Å². The van der Waals surface area contributed by atoms with Gasteiger partial charge >= 0.3 is 0 Å². The summed E-state index contributed by atoms with van der Waals surface area (Å²) in [5.74, 6) is 2.10. The second-order valence-corrected chi connectivity index (χ2v) is 4.96. The minimum Gasteiger partial charge on any atom is -0.377 e. The Morgan fingerprint density at radius 1 is 1.24 bits per heavy atom. The summed E-state index contributed by atoms with van der Waals surface area (Å²) >= 11 is 6.14. The maximum atomic E-state index is 6.14. The summed E-state index contributed by atoms with van der Waals surface area (Å²) in [6, 6.07) is 7.60. The number of rotatable bonds is 6. The zero-order valence-corrected chi connectivity index (χ0v) is 13.2. The number of benzene rings is 1. The molecule has 0 amide bonds. The molecule has 0 saturated heterocycles. The number of hydrogen-bond donors (Lipinski definition) is 2. The molecular formula is C15H19ClN4O. The molecule has 0 radical (unpaired) electrons. The smallest absolute Gasteiger partial charge is 0.158 e. The van der Waals surface area contributed by atoms with Gasteiger partial charge in [-0.2, -0.15) is 0 Å². The number of halogens is 1. The molecule has 21 heavy (non-hydrogen) atoms. The first-order valence-electron chi connectivity index (χ1n) is 6.77. The molecule has 2 N–H and O–H groups in total. The summed E-state index contributed by atoms with van der Waals surface area (Å²) in [7, 11) is 1.62. The first-order valence-corrected chi connectivity index (χ1v) is 7.14. The molecule has 0 unspecified atom stereocenters. The third-order valence-corrected chi connectivity index (χ3v) is 3.34. The fraction of sp³-hybridized carbons (Fsp3) is 0.333. The van der Waals surface area contributed by atoms with Crippen LogP contribution in [0.1, 0.15) is 18.3 Å². The van der Waals surface area contributed by atoms with Gasteiger partial charge in [-0.1, -0.05) is 17.7 Å². The zero-order chi connectivity index (χ0) is 15.2. The van der Waals surface area contributed by atoms with Crippen molar-refractivity contribution in [2.75, 3.05) is 24.3 Å². The number of hydrogen-bond acceptors (Lipinski definition) is 5. The molecule has 2 rings (SSSR count). The van der Waals surface area contributed by atoms with Gasteiger partial charge in [-0.3, -0.25) is 0 Å². The fourth-order valence-corrected chi connectivity index (χ4v) is 2.08. The number of nitrogens with zero attached hydrogens (tertiary/aromatic N) is 2. The lowest BCUT2D eigenvalue weighted by Gasteiger charge is -2.12. The van der Waals surface area contributed by atoms with E-state index < -0.39 is 0 Å². The van der Waals surface area contributed by atoms with Crippen LogP contribution in [0.15, 0.2) is 24.3 Å². The maximum absolute atomic E-state index is 6.14. The highest BCUT2D eigenvalue weighted by molar-refractivity contribution is 6.31. The van der Waals surface area contributed by atoms with E-state index in [0.717, 1.165) is 28.6 Å². The Morgan fingerprint density at radius 2 is 2.00 bits per heavy atom. The third-order valence-electron chi connectivity index (χ3n) is 2.93. The largest absolute Gasteiger partial charge is 0.377 e. The van der Waals surface area contributed by atoms with Crippen molar-refractivity contribution in [3.63, 3.8) is 0 Å². The van der Waals surface area contributed by atoms with Crippen LogP contribution in [-0.4, -0.2) is 23.6 Å². The molecule has 0 atom stereocenters. The number of anilines is 3. The van der Waals surface area contributed by atoms with E-state index in [9.17, 15) is 0 Å². The van der Waals surface area contributed by atoms with Crippen molar-refractivity contribution in [3.8, 4) is 0 Å². The lowest BCUT2D eigenvalue weighted by atomic mass is 10.2. The molecule has 112 valence electrons. The molecule has 0 fully saturated rings. The highest BCUT2D eigenvalue weighted by Gasteiger charge is 2.07. The van der Waals surface area contributed by atoms with E-state index in [4.69, 9.17) is 16.3 Å². The van der Waals surface area contributed by atoms with Crippen molar-refractivity contribution in [1.29, 1.82) is 0 Å². The van der Waals surface area contributed by atoms with Crippen molar-refractivity contribution >= 4 is 28.9 Å². The SMILES string of the molecule is CCNc1cc(Nc2cccc(Cl)c2C)nc(COC)n1. The van der Waals surface area contributed by atoms with Crippen LogP contribution >= 0.6 is 11.6 Å². The Bertz CT molecular complexity index is 594. The molecule has 6 heteroatoms. The molecule has 0 spiro atoms. The Balaban J connectivity index is 2.31. The van der Waals surface area contributed by atoms with Gasteiger partial charge in [0.05, 0.1) is 0 Å². The number of methoxy groups -OCH3 is 1. The number of nitrogens with one attached hydrogen (secondary N) is 2. The van der Waals surface area contributed by atoms with Crippen LogP contribution in [-0.2, 0) is 11.3 Å². The zero-order valence-electron chi connectivity index (χ0n) is 12.4. The second kappa shape index (κ2) is 7.24. The van der Waals surface area contributed by atoms with Gasteiger partial charge in [-0.25, -0.2) is 9.97 Å². The minimum absolute atomic E-state index is 0.364. The standard InChI is InChI=1S/C15H19ClN4O/c1-4-17-13-8-14(20-15(19-13)9-21-3)18-12-7-5-6-11(16)10(12)2/h5-8H,4,9H2,1-3H3,(H2,17,18,19,20). The molecule has 0 bridgehead atoms. The summed E-state index contributed by atoms with van der Waals surface area (Å²) in [4.78, 5) is 8.82. The van der Waals surface area contributed by atoms with Crippen LogP contribution in [0, 0.1) is 6.92 Å². The summed E-state index contributed by atoms with van der Waals surface area (Å²) in [6.45, 7) is 5.14. The topological polar surface area (TPSA) is 59.1 Å². The predicted molar refractivity (Wildman–Crippen MR) is 86.4 cm³/mol. The van der Waals surface area contributed by atoms with E-state index in [0.29, 0.717) is 18.2 Å². The number of ether oxygens (including phenoxy) is 1. The average molecular weight is 307 g/mol. The van der Waals surface area contributed by atoms with E-state index in [1.54, 1.807) is 7.11 Å². The van der Waals surface area contributed by atoms with E-state index in [1.807, 2.05) is 38.1 Å². The average Bonchev–Trinajstić information content (AvgIpc) is 2.44. The van der Waals surface area contributed by atoms with E-state index in [-0.39, 0.29) is 0 Å². The van der Waals surface area contributed by atoms with Gasteiger partial charge in [0.25, 0.3) is 0 Å². The molecule has 0 saturated carbocycles. The van der Waals surface area contributed by atoms with Gasteiger partial charge in [0.1, 0.15) is 18.2 Å². The van der Waals surface area contributed by atoms with Crippen molar-refractivity contribution in [2.45, 2.75) is 20.5 Å². The first kappa shape index (κ1) is 15.5. The van der Waals surface area contributed by atoms with E-state index in [2.05, 4.69) is 20.6 Å². The first-order chi connectivity index (χ1) is 10.1. The van der Waals surface area contributed by atoms with Crippen molar-refractivity contribution in [2.24, 2.45) is 0 Å². The van der Waals surface area contributed by atoms with Crippen molar-refractivity contribution < 1.29 is 4.74 Å². The minimum atomic E-state index is 0.364. The lowest BCUT2D eigenvalue weighted by molar-refractivity contribution is 0.178. The Kier molecular flexibility index (Phi) is 5.36. The van der Waals surface area contributed by atoms with Crippen LogP contribution < -0.4 is 10.6 Å². The van der Waals surface area contributed by atoms with Gasteiger partial charge in [-0.05, 0) is 31.5 Å². The van der Waals surface area contributed by atoms with Crippen LogP contribution in [0.25, 0.3) is 0 Å². The maximum Gasteiger partial charge on any atom is 0.158 e. The molecule has 0 aliphatic heterocycles. The van der Waals surface area contributed by atoms with Crippen LogP contribution in [0.3, 0.4) is 0 Å².